The van der Waals surface area contributed by atoms with E-state index in [0.29, 0.717) is 11.9 Å². The van der Waals surface area contributed by atoms with Gasteiger partial charge in [0.15, 0.2) is 0 Å². The molecule has 3 aromatic rings. The summed E-state index contributed by atoms with van der Waals surface area (Å²) in [6.07, 6.45) is 2.94. The molecule has 1 aliphatic heterocycles. The molecule has 0 bridgehead atoms. The second-order valence-corrected chi connectivity index (χ2v) is 7.72. The maximum atomic E-state index is 9.83. The first kappa shape index (κ1) is 21.1. The van der Waals surface area contributed by atoms with E-state index >= 15 is 0 Å². The van der Waals surface area contributed by atoms with Gasteiger partial charge in [0.2, 0.25) is 0 Å². The first-order valence-electron chi connectivity index (χ1n) is 10.4. The summed E-state index contributed by atoms with van der Waals surface area (Å²) in [4.78, 5) is 6.45. The Morgan fingerprint density at radius 2 is 1.74 bits per heavy atom. The van der Waals surface area contributed by atoms with Crippen molar-refractivity contribution in [2.75, 3.05) is 31.7 Å². The SMILES string of the molecule is COC1CN(c2ccc(-c3ccc(C#C[C@@H](CO)n4ccnc4[C@H](C)O)cc3)cc2)C1. The fourth-order valence-corrected chi connectivity index (χ4v) is 3.69. The molecule has 1 aliphatic rings. The average Bonchev–Trinajstić information content (AvgIpc) is 3.25. The number of aliphatic hydroxyl groups excluding tert-OH is 2. The van der Waals surface area contributed by atoms with E-state index in [1.807, 2.05) is 12.1 Å². The third kappa shape index (κ3) is 4.64. The molecule has 0 amide bonds. The van der Waals surface area contributed by atoms with Crippen LogP contribution in [0.1, 0.15) is 30.5 Å². The number of anilines is 1. The van der Waals surface area contributed by atoms with Gasteiger partial charge >= 0.3 is 0 Å². The van der Waals surface area contributed by atoms with Gasteiger partial charge in [-0.1, -0.05) is 36.1 Å². The van der Waals surface area contributed by atoms with Crippen LogP contribution in [0.4, 0.5) is 5.69 Å². The lowest BCUT2D eigenvalue weighted by Crippen LogP contribution is -2.51. The molecule has 0 aliphatic carbocycles. The standard InChI is InChI=1S/C25H27N3O3/c1-18(30)25-26-13-14-28(25)23(17-29)10-5-19-3-6-20(7-4-19)21-8-11-22(12-9-21)27-15-24(16-27)31-2/h3-4,6-9,11-14,18,23-24,29-30H,15-17H2,1-2H3/t18-,23-/m0/s1. The van der Waals surface area contributed by atoms with Crippen molar-refractivity contribution < 1.29 is 14.9 Å². The van der Waals surface area contributed by atoms with Crippen LogP contribution in [0, 0.1) is 11.8 Å². The summed E-state index contributed by atoms with van der Waals surface area (Å²) >= 11 is 0. The lowest BCUT2D eigenvalue weighted by molar-refractivity contribution is 0.0788. The minimum Gasteiger partial charge on any atom is -0.393 e. The van der Waals surface area contributed by atoms with E-state index < -0.39 is 12.1 Å². The lowest BCUT2D eigenvalue weighted by Gasteiger charge is -2.40. The number of ether oxygens (including phenoxy) is 1. The van der Waals surface area contributed by atoms with E-state index in [-0.39, 0.29) is 6.61 Å². The quantitative estimate of drug-likeness (QED) is 0.604. The van der Waals surface area contributed by atoms with E-state index in [2.05, 4.69) is 58.1 Å². The Morgan fingerprint density at radius 3 is 2.32 bits per heavy atom. The summed E-state index contributed by atoms with van der Waals surface area (Å²) in [6.45, 7) is 3.37. The molecule has 0 saturated carbocycles. The average molecular weight is 418 g/mol. The molecule has 4 rings (SSSR count). The normalized spacial score (nSPS) is 15.7. The summed E-state index contributed by atoms with van der Waals surface area (Å²) < 4.78 is 7.05. The van der Waals surface area contributed by atoms with E-state index in [9.17, 15) is 10.2 Å². The molecule has 31 heavy (non-hydrogen) atoms. The number of hydrogen-bond donors (Lipinski definition) is 2. The molecule has 1 aromatic heterocycles. The Bertz CT molecular complexity index is 1060. The van der Waals surface area contributed by atoms with Gasteiger partial charge in [-0.05, 0) is 42.3 Å². The van der Waals surface area contributed by atoms with Crippen LogP contribution in [0.3, 0.4) is 0 Å². The van der Waals surface area contributed by atoms with E-state index in [1.165, 1.54) is 5.69 Å². The maximum Gasteiger partial charge on any atom is 0.138 e. The van der Waals surface area contributed by atoms with Crippen LogP contribution in [0.25, 0.3) is 11.1 Å². The molecule has 2 heterocycles. The summed E-state index contributed by atoms with van der Waals surface area (Å²) in [5.41, 5.74) is 4.36. The van der Waals surface area contributed by atoms with Crippen molar-refractivity contribution in [1.29, 1.82) is 0 Å². The zero-order valence-electron chi connectivity index (χ0n) is 17.8. The lowest BCUT2D eigenvalue weighted by atomic mass is 10.0. The number of benzene rings is 2. The van der Waals surface area contributed by atoms with Gasteiger partial charge in [0.1, 0.15) is 18.0 Å². The molecule has 1 saturated heterocycles. The van der Waals surface area contributed by atoms with Gasteiger partial charge < -0.3 is 24.4 Å². The number of aliphatic hydroxyl groups is 2. The Labute approximate surface area is 182 Å². The fraction of sp³-hybridized carbons (Fsp3) is 0.320. The second-order valence-electron chi connectivity index (χ2n) is 7.72. The third-order valence-electron chi connectivity index (χ3n) is 5.60. The van der Waals surface area contributed by atoms with Crippen molar-refractivity contribution in [3.05, 3.63) is 72.3 Å². The van der Waals surface area contributed by atoms with E-state index in [1.54, 1.807) is 31.0 Å². The van der Waals surface area contributed by atoms with Crippen LogP contribution in [0.5, 0.6) is 0 Å². The Balaban J connectivity index is 1.44. The predicted octanol–water partition coefficient (Wildman–Crippen LogP) is 3.02. The summed E-state index contributed by atoms with van der Waals surface area (Å²) in [6, 6.07) is 16.2. The molecule has 2 atom stereocenters. The van der Waals surface area contributed by atoms with Crippen molar-refractivity contribution in [2.24, 2.45) is 0 Å². The van der Waals surface area contributed by atoms with Gasteiger partial charge in [0, 0.05) is 43.8 Å². The molecular formula is C25H27N3O3. The highest BCUT2D eigenvalue weighted by Gasteiger charge is 2.26. The molecule has 0 radical (unpaired) electrons. The molecule has 1 fully saturated rings. The van der Waals surface area contributed by atoms with Gasteiger partial charge in [-0.2, -0.15) is 0 Å². The Hall–Kier alpha value is -3.11. The molecular weight excluding hydrogens is 390 g/mol. The van der Waals surface area contributed by atoms with Gasteiger partial charge in [0.25, 0.3) is 0 Å². The number of hydrogen-bond acceptors (Lipinski definition) is 5. The minimum atomic E-state index is -0.723. The summed E-state index contributed by atoms with van der Waals surface area (Å²) in [7, 11) is 1.76. The topological polar surface area (TPSA) is 70.8 Å². The van der Waals surface area contributed by atoms with Gasteiger partial charge in [-0.15, -0.1) is 0 Å². The van der Waals surface area contributed by atoms with Gasteiger partial charge in [-0.25, -0.2) is 4.98 Å². The summed E-state index contributed by atoms with van der Waals surface area (Å²) in [5.74, 6) is 6.69. The molecule has 6 heteroatoms. The largest absolute Gasteiger partial charge is 0.393 e. The monoisotopic (exact) mass is 417 g/mol. The van der Waals surface area contributed by atoms with Crippen molar-refractivity contribution in [3.63, 3.8) is 0 Å². The number of methoxy groups -OCH3 is 1. The van der Waals surface area contributed by atoms with Crippen molar-refractivity contribution in [2.45, 2.75) is 25.2 Å². The number of rotatable bonds is 6. The fourth-order valence-electron chi connectivity index (χ4n) is 3.69. The predicted molar refractivity (Wildman–Crippen MR) is 121 cm³/mol. The van der Waals surface area contributed by atoms with Crippen LogP contribution in [0.15, 0.2) is 60.9 Å². The first-order valence-corrected chi connectivity index (χ1v) is 10.4. The molecule has 160 valence electrons. The zero-order valence-corrected chi connectivity index (χ0v) is 17.8. The maximum absolute atomic E-state index is 9.83. The number of imidazole rings is 1. The van der Waals surface area contributed by atoms with Crippen molar-refractivity contribution in [3.8, 4) is 23.0 Å². The van der Waals surface area contributed by atoms with Crippen molar-refractivity contribution in [1.82, 2.24) is 9.55 Å². The second kappa shape index (κ2) is 9.36. The molecule has 6 nitrogen and oxygen atoms in total. The highest BCUT2D eigenvalue weighted by atomic mass is 16.5. The molecule has 2 aromatic carbocycles. The highest BCUT2D eigenvalue weighted by molar-refractivity contribution is 5.67. The number of aromatic nitrogens is 2. The van der Waals surface area contributed by atoms with Crippen LogP contribution in [-0.4, -0.2) is 52.7 Å². The van der Waals surface area contributed by atoms with E-state index in [4.69, 9.17) is 4.74 Å². The molecule has 0 spiro atoms. The number of nitrogens with zero attached hydrogens (tertiary/aromatic N) is 3. The van der Waals surface area contributed by atoms with Crippen LogP contribution >= 0.6 is 0 Å². The Morgan fingerprint density at radius 1 is 1.10 bits per heavy atom. The smallest absolute Gasteiger partial charge is 0.138 e. The highest BCUT2D eigenvalue weighted by Crippen LogP contribution is 2.26. The van der Waals surface area contributed by atoms with E-state index in [0.717, 1.165) is 29.8 Å². The Kier molecular flexibility index (Phi) is 6.38. The van der Waals surface area contributed by atoms with Crippen LogP contribution in [-0.2, 0) is 4.74 Å². The summed E-state index contributed by atoms with van der Waals surface area (Å²) in [5, 5.41) is 19.6. The first-order chi connectivity index (χ1) is 15.1. The van der Waals surface area contributed by atoms with Crippen LogP contribution in [0.2, 0.25) is 0 Å². The van der Waals surface area contributed by atoms with Gasteiger partial charge in [0.05, 0.1) is 12.7 Å². The van der Waals surface area contributed by atoms with Crippen LogP contribution < -0.4 is 4.90 Å². The van der Waals surface area contributed by atoms with Gasteiger partial charge in [-0.3, -0.25) is 0 Å². The molecule has 2 N–H and O–H groups in total. The van der Waals surface area contributed by atoms with Crippen molar-refractivity contribution >= 4 is 5.69 Å². The minimum absolute atomic E-state index is 0.157. The zero-order chi connectivity index (χ0) is 21.8. The third-order valence-corrected chi connectivity index (χ3v) is 5.60. The molecule has 0 unspecified atom stereocenters.